The molecule has 7 heteroatoms. The molecule has 0 saturated carbocycles. The summed E-state index contributed by atoms with van der Waals surface area (Å²) in [5.74, 6) is -0.982. The van der Waals surface area contributed by atoms with Gasteiger partial charge in [0.2, 0.25) is 0 Å². The second-order valence-electron chi connectivity index (χ2n) is 6.02. The largest absolute Gasteiger partial charge is 0.505 e. The third-order valence-corrected chi connectivity index (χ3v) is 4.31. The highest BCUT2D eigenvalue weighted by molar-refractivity contribution is 5.94. The van der Waals surface area contributed by atoms with Gasteiger partial charge in [-0.25, -0.2) is 14.4 Å². The molecule has 6 nitrogen and oxygen atoms in total. The smallest absolute Gasteiger partial charge is 0.254 e. The molecule has 26 heavy (non-hydrogen) atoms. The van der Waals surface area contributed by atoms with Crippen LogP contribution in [-0.2, 0) is 13.0 Å². The fourth-order valence-corrected chi connectivity index (χ4v) is 2.94. The van der Waals surface area contributed by atoms with E-state index < -0.39 is 11.6 Å². The van der Waals surface area contributed by atoms with E-state index in [1.165, 1.54) is 6.07 Å². The van der Waals surface area contributed by atoms with Crippen LogP contribution in [0.5, 0.6) is 5.75 Å². The lowest BCUT2D eigenvalue weighted by molar-refractivity contribution is 0.0733. The van der Waals surface area contributed by atoms with Gasteiger partial charge >= 0.3 is 0 Å². The van der Waals surface area contributed by atoms with Crippen molar-refractivity contribution in [2.24, 2.45) is 0 Å². The molecule has 0 atom stereocenters. The predicted molar refractivity (Wildman–Crippen MR) is 91.8 cm³/mol. The Balaban J connectivity index is 1.56. The van der Waals surface area contributed by atoms with Crippen LogP contribution in [0.1, 0.15) is 21.6 Å². The van der Waals surface area contributed by atoms with Gasteiger partial charge in [-0.3, -0.25) is 9.78 Å². The number of rotatable bonds is 2. The molecule has 1 aromatic carbocycles. The summed E-state index contributed by atoms with van der Waals surface area (Å²) in [6, 6.07) is 9.16. The number of phenolic OH excluding ortho intramolecular Hbond substituents is 1. The van der Waals surface area contributed by atoms with Gasteiger partial charge in [-0.15, -0.1) is 0 Å². The van der Waals surface area contributed by atoms with Crippen molar-refractivity contribution in [1.82, 2.24) is 19.9 Å². The molecule has 3 aromatic rings. The molecule has 1 N–H and O–H groups in total. The average Bonchev–Trinajstić information content (AvgIpc) is 2.69. The maximum Gasteiger partial charge on any atom is 0.254 e. The number of fused-ring (bicyclic) bond motifs is 1. The van der Waals surface area contributed by atoms with Crippen molar-refractivity contribution in [3.05, 3.63) is 71.4 Å². The monoisotopic (exact) mass is 350 g/mol. The quantitative estimate of drug-likeness (QED) is 0.768. The molecule has 1 amide bonds. The third kappa shape index (κ3) is 2.99. The van der Waals surface area contributed by atoms with E-state index in [0.29, 0.717) is 31.0 Å². The first-order chi connectivity index (χ1) is 12.6. The number of phenols is 1. The molecule has 0 aliphatic carbocycles. The van der Waals surface area contributed by atoms with Gasteiger partial charge in [0.15, 0.2) is 17.4 Å². The Labute approximate surface area is 149 Å². The fourth-order valence-electron chi connectivity index (χ4n) is 2.94. The number of pyridine rings is 1. The van der Waals surface area contributed by atoms with Crippen molar-refractivity contribution < 1.29 is 14.3 Å². The van der Waals surface area contributed by atoms with E-state index in [2.05, 4.69) is 15.0 Å². The van der Waals surface area contributed by atoms with Gasteiger partial charge in [0.1, 0.15) is 5.69 Å². The molecule has 0 saturated heterocycles. The fraction of sp³-hybridized carbons (Fsp3) is 0.158. The maximum absolute atomic E-state index is 13.2. The Hall–Kier alpha value is -3.35. The highest BCUT2D eigenvalue weighted by atomic mass is 19.1. The topological polar surface area (TPSA) is 79.2 Å². The van der Waals surface area contributed by atoms with E-state index >= 15 is 0 Å². The van der Waals surface area contributed by atoms with Gasteiger partial charge in [-0.1, -0.05) is 6.07 Å². The first-order valence-corrected chi connectivity index (χ1v) is 8.16. The summed E-state index contributed by atoms with van der Waals surface area (Å²) >= 11 is 0. The lowest BCUT2D eigenvalue weighted by Crippen LogP contribution is -2.36. The Bertz CT molecular complexity index is 979. The number of hydrogen-bond acceptors (Lipinski definition) is 5. The number of benzene rings is 1. The van der Waals surface area contributed by atoms with Crippen molar-refractivity contribution in [3.63, 3.8) is 0 Å². The highest BCUT2D eigenvalue weighted by Gasteiger charge is 2.24. The Kier molecular flexibility index (Phi) is 4.04. The molecule has 1 aliphatic heterocycles. The summed E-state index contributed by atoms with van der Waals surface area (Å²) < 4.78 is 13.2. The summed E-state index contributed by atoms with van der Waals surface area (Å²) in [6.07, 6.45) is 4.00. The van der Waals surface area contributed by atoms with Crippen LogP contribution in [0.3, 0.4) is 0 Å². The predicted octanol–water partition coefficient (Wildman–Crippen LogP) is 2.58. The lowest BCUT2D eigenvalue weighted by atomic mass is 10.1. The van der Waals surface area contributed by atoms with Gasteiger partial charge in [0, 0.05) is 43.0 Å². The number of carbonyl (C=O) groups is 1. The molecule has 1 aliphatic rings. The van der Waals surface area contributed by atoms with Crippen LogP contribution in [-0.4, -0.2) is 37.4 Å². The number of hydrogen-bond donors (Lipinski definition) is 1. The van der Waals surface area contributed by atoms with E-state index in [4.69, 9.17) is 0 Å². The Morgan fingerprint density at radius 1 is 1.19 bits per heavy atom. The van der Waals surface area contributed by atoms with E-state index in [1.807, 2.05) is 18.2 Å². The minimum Gasteiger partial charge on any atom is -0.505 e. The van der Waals surface area contributed by atoms with Crippen molar-refractivity contribution in [2.75, 3.05) is 6.54 Å². The van der Waals surface area contributed by atoms with Gasteiger partial charge in [0.25, 0.3) is 5.91 Å². The van der Waals surface area contributed by atoms with Gasteiger partial charge < -0.3 is 10.0 Å². The summed E-state index contributed by atoms with van der Waals surface area (Å²) in [5.41, 5.74) is 2.72. The van der Waals surface area contributed by atoms with Crippen LogP contribution in [0.2, 0.25) is 0 Å². The second kappa shape index (κ2) is 6.51. The number of carbonyl (C=O) groups excluding carboxylic acids is 1. The van der Waals surface area contributed by atoms with E-state index in [-0.39, 0.29) is 11.5 Å². The van der Waals surface area contributed by atoms with Crippen LogP contribution in [0, 0.1) is 5.82 Å². The number of nitrogens with zero attached hydrogens (tertiary/aromatic N) is 4. The molecule has 2 aromatic heterocycles. The number of halogens is 1. The summed E-state index contributed by atoms with van der Waals surface area (Å²) in [7, 11) is 0. The third-order valence-electron chi connectivity index (χ3n) is 4.31. The zero-order valence-corrected chi connectivity index (χ0v) is 13.8. The molecular formula is C19H15FN4O2. The molecule has 0 unspecified atom stereocenters. The van der Waals surface area contributed by atoms with Gasteiger partial charge in [-0.05, 0) is 30.3 Å². The van der Waals surface area contributed by atoms with E-state index in [0.717, 1.165) is 23.4 Å². The number of aromatic hydroxyl groups is 1. The second-order valence-corrected chi connectivity index (χ2v) is 6.02. The number of aromatic nitrogens is 3. The lowest BCUT2D eigenvalue weighted by Gasteiger charge is -2.28. The van der Waals surface area contributed by atoms with Gasteiger partial charge in [0.05, 0.1) is 5.69 Å². The summed E-state index contributed by atoms with van der Waals surface area (Å²) in [4.78, 5) is 27.4. The number of amides is 1. The molecule has 130 valence electrons. The van der Waals surface area contributed by atoms with Crippen molar-refractivity contribution in [2.45, 2.75) is 13.0 Å². The van der Waals surface area contributed by atoms with Crippen LogP contribution >= 0.6 is 0 Å². The van der Waals surface area contributed by atoms with E-state index in [1.54, 1.807) is 17.3 Å². The molecule has 0 bridgehead atoms. The van der Waals surface area contributed by atoms with Crippen LogP contribution in [0.25, 0.3) is 11.5 Å². The average molecular weight is 350 g/mol. The summed E-state index contributed by atoms with van der Waals surface area (Å²) in [5, 5.41) is 9.47. The van der Waals surface area contributed by atoms with Gasteiger partial charge in [-0.2, -0.15) is 0 Å². The zero-order chi connectivity index (χ0) is 18.1. The SMILES string of the molecule is O=C(c1ccc(F)c(O)c1)N1CCc2nc(-c3ccccn3)ncc2C1. The van der Waals surface area contributed by atoms with Crippen LogP contribution < -0.4 is 0 Å². The normalized spacial score (nSPS) is 13.3. The maximum atomic E-state index is 13.2. The van der Waals surface area contributed by atoms with Crippen molar-refractivity contribution in [1.29, 1.82) is 0 Å². The van der Waals surface area contributed by atoms with Crippen LogP contribution in [0.15, 0.2) is 48.8 Å². The Morgan fingerprint density at radius 2 is 2.08 bits per heavy atom. The van der Waals surface area contributed by atoms with Crippen molar-refractivity contribution in [3.8, 4) is 17.3 Å². The van der Waals surface area contributed by atoms with Crippen molar-refractivity contribution >= 4 is 5.91 Å². The van der Waals surface area contributed by atoms with Crippen LogP contribution in [0.4, 0.5) is 4.39 Å². The first kappa shape index (κ1) is 16.1. The molecular weight excluding hydrogens is 335 g/mol. The highest BCUT2D eigenvalue weighted by Crippen LogP contribution is 2.23. The molecule has 0 fully saturated rings. The molecule has 0 spiro atoms. The molecule has 3 heterocycles. The molecule has 0 radical (unpaired) electrons. The van der Waals surface area contributed by atoms with E-state index in [9.17, 15) is 14.3 Å². The molecule has 4 rings (SSSR count). The minimum atomic E-state index is -0.749. The summed E-state index contributed by atoms with van der Waals surface area (Å²) in [6.45, 7) is 0.859. The zero-order valence-electron chi connectivity index (χ0n) is 13.8. The standard InChI is InChI=1S/C19H15FN4O2/c20-14-5-4-12(9-17(14)25)19(26)24-8-6-15-13(11-24)10-22-18(23-15)16-3-1-2-7-21-16/h1-5,7,9-10,25H,6,8,11H2. The Morgan fingerprint density at radius 3 is 2.85 bits per heavy atom. The first-order valence-electron chi connectivity index (χ1n) is 8.16. The minimum absolute atomic E-state index is 0.248.